The number of ether oxygens (including phenoxy) is 1. The lowest BCUT2D eigenvalue weighted by Crippen LogP contribution is -2.34. The molecule has 0 bridgehead atoms. The van der Waals surface area contributed by atoms with E-state index in [0.29, 0.717) is 13.2 Å². The summed E-state index contributed by atoms with van der Waals surface area (Å²) in [4.78, 5) is 0.284. The van der Waals surface area contributed by atoms with Crippen LogP contribution in [0.3, 0.4) is 0 Å². The molecule has 112 valence electrons. The molecule has 2 rings (SSSR count). The van der Waals surface area contributed by atoms with Gasteiger partial charge in [0.25, 0.3) is 0 Å². The number of aliphatic hydroxyl groups excluding tert-OH is 1. The van der Waals surface area contributed by atoms with Gasteiger partial charge in [-0.15, -0.1) is 0 Å². The number of nitrogens with zero attached hydrogens (tertiary/aromatic N) is 1. The Morgan fingerprint density at radius 3 is 2.85 bits per heavy atom. The Morgan fingerprint density at radius 2 is 2.15 bits per heavy atom. The van der Waals surface area contributed by atoms with Gasteiger partial charge in [0.2, 0.25) is 10.0 Å². The number of rotatable bonds is 7. The van der Waals surface area contributed by atoms with E-state index in [1.54, 1.807) is 18.2 Å². The van der Waals surface area contributed by atoms with Crippen LogP contribution in [0.15, 0.2) is 23.1 Å². The summed E-state index contributed by atoms with van der Waals surface area (Å²) >= 11 is 0. The highest BCUT2D eigenvalue weighted by Crippen LogP contribution is 2.28. The summed E-state index contributed by atoms with van der Waals surface area (Å²) in [6.07, 6.45) is 2.44. The van der Waals surface area contributed by atoms with Gasteiger partial charge in [0.1, 0.15) is 5.75 Å². The third-order valence-corrected chi connectivity index (χ3v) is 5.30. The van der Waals surface area contributed by atoms with E-state index in [-0.39, 0.29) is 18.0 Å². The summed E-state index contributed by atoms with van der Waals surface area (Å²) in [5, 5.41) is 9.08. The molecule has 1 heterocycles. The van der Waals surface area contributed by atoms with Crippen LogP contribution in [0, 0.1) is 0 Å². The first kappa shape index (κ1) is 15.3. The molecule has 1 N–H and O–H groups in total. The molecule has 1 aromatic rings. The van der Waals surface area contributed by atoms with Gasteiger partial charge >= 0.3 is 0 Å². The third kappa shape index (κ3) is 3.13. The van der Waals surface area contributed by atoms with Crippen molar-refractivity contribution in [1.29, 1.82) is 0 Å². The number of hydrogen-bond acceptors (Lipinski definition) is 4. The minimum Gasteiger partial charge on any atom is -0.493 e. The Labute approximate surface area is 120 Å². The second-order valence-electron chi connectivity index (χ2n) is 4.85. The van der Waals surface area contributed by atoms with E-state index in [4.69, 9.17) is 9.84 Å². The fraction of sp³-hybridized carbons (Fsp3) is 0.571. The monoisotopic (exact) mass is 299 g/mol. The average Bonchev–Trinajstić information content (AvgIpc) is 2.90. The van der Waals surface area contributed by atoms with Gasteiger partial charge < -0.3 is 9.84 Å². The molecule has 6 heteroatoms. The quantitative estimate of drug-likeness (QED) is 0.826. The number of aliphatic hydroxyl groups is 1. The molecular weight excluding hydrogens is 278 g/mol. The summed E-state index contributed by atoms with van der Waals surface area (Å²) < 4.78 is 31.9. The molecule has 0 spiro atoms. The zero-order chi connectivity index (χ0) is 14.6. The maximum Gasteiger partial charge on any atom is 0.243 e. The first-order valence-electron chi connectivity index (χ1n) is 6.96. The van der Waals surface area contributed by atoms with E-state index < -0.39 is 10.0 Å². The third-order valence-electron chi connectivity index (χ3n) is 3.41. The van der Waals surface area contributed by atoms with Crippen LogP contribution in [0.5, 0.6) is 5.75 Å². The molecule has 20 heavy (non-hydrogen) atoms. The molecule has 1 aliphatic heterocycles. The van der Waals surface area contributed by atoms with Crippen LogP contribution in [0.1, 0.15) is 25.3 Å². The highest BCUT2D eigenvalue weighted by atomic mass is 32.2. The van der Waals surface area contributed by atoms with Gasteiger partial charge in [-0.25, -0.2) is 8.42 Å². The SMILES string of the molecule is CCCCN(CCO)S(=O)(=O)c1ccc2c(c1)CCO2. The zero-order valence-electron chi connectivity index (χ0n) is 11.7. The molecule has 1 aliphatic rings. The minimum atomic E-state index is -3.54. The Kier molecular flexibility index (Phi) is 5.01. The topological polar surface area (TPSA) is 66.8 Å². The Morgan fingerprint density at radius 1 is 1.35 bits per heavy atom. The highest BCUT2D eigenvalue weighted by molar-refractivity contribution is 7.89. The lowest BCUT2D eigenvalue weighted by molar-refractivity contribution is 0.252. The van der Waals surface area contributed by atoms with E-state index in [1.807, 2.05) is 6.92 Å². The maximum atomic E-state index is 12.6. The summed E-state index contributed by atoms with van der Waals surface area (Å²) in [5.41, 5.74) is 0.936. The number of hydrogen-bond donors (Lipinski definition) is 1. The summed E-state index contributed by atoms with van der Waals surface area (Å²) in [7, 11) is -3.54. The summed E-state index contributed by atoms with van der Waals surface area (Å²) in [5.74, 6) is 0.770. The predicted octanol–water partition coefficient (Wildman–Crippen LogP) is 1.40. The van der Waals surface area contributed by atoms with Crippen molar-refractivity contribution in [3.63, 3.8) is 0 Å². The van der Waals surface area contributed by atoms with E-state index >= 15 is 0 Å². The Bertz CT molecular complexity index is 556. The molecule has 1 aromatic carbocycles. The highest BCUT2D eigenvalue weighted by Gasteiger charge is 2.25. The molecule has 0 unspecified atom stereocenters. The molecular formula is C14H21NO4S. The summed E-state index contributed by atoms with van der Waals surface area (Å²) in [6.45, 7) is 3.02. The van der Waals surface area contributed by atoms with Gasteiger partial charge in [-0.05, 0) is 30.2 Å². The first-order valence-corrected chi connectivity index (χ1v) is 8.40. The van der Waals surface area contributed by atoms with Crippen LogP contribution < -0.4 is 4.74 Å². The van der Waals surface area contributed by atoms with Crippen LogP contribution in [-0.2, 0) is 16.4 Å². The van der Waals surface area contributed by atoms with Crippen molar-refractivity contribution in [2.24, 2.45) is 0 Å². The van der Waals surface area contributed by atoms with Crippen molar-refractivity contribution in [2.75, 3.05) is 26.3 Å². The first-order chi connectivity index (χ1) is 9.59. The molecule has 0 aromatic heterocycles. The molecule has 0 saturated heterocycles. The number of sulfonamides is 1. The van der Waals surface area contributed by atoms with Gasteiger partial charge in [-0.2, -0.15) is 4.31 Å². The molecule has 5 nitrogen and oxygen atoms in total. The summed E-state index contributed by atoms with van der Waals surface area (Å²) in [6, 6.07) is 4.98. The van der Waals surface area contributed by atoms with Gasteiger partial charge in [-0.3, -0.25) is 0 Å². The van der Waals surface area contributed by atoms with Crippen LogP contribution >= 0.6 is 0 Å². The number of benzene rings is 1. The fourth-order valence-electron chi connectivity index (χ4n) is 2.27. The van der Waals surface area contributed by atoms with Gasteiger partial charge in [-0.1, -0.05) is 13.3 Å². The maximum absolute atomic E-state index is 12.6. The van der Waals surface area contributed by atoms with E-state index in [9.17, 15) is 8.42 Å². The molecule has 0 fully saturated rings. The Balaban J connectivity index is 2.27. The van der Waals surface area contributed by atoms with Crippen molar-refractivity contribution in [3.8, 4) is 5.75 Å². The predicted molar refractivity (Wildman–Crippen MR) is 76.4 cm³/mol. The van der Waals surface area contributed by atoms with Crippen LogP contribution in [0.25, 0.3) is 0 Å². The second kappa shape index (κ2) is 6.56. The zero-order valence-corrected chi connectivity index (χ0v) is 12.5. The lowest BCUT2D eigenvalue weighted by Gasteiger charge is -2.21. The minimum absolute atomic E-state index is 0.135. The van der Waals surface area contributed by atoms with Crippen LogP contribution in [0.4, 0.5) is 0 Å². The largest absolute Gasteiger partial charge is 0.493 e. The van der Waals surface area contributed by atoms with Crippen LogP contribution in [-0.4, -0.2) is 44.1 Å². The fourth-order valence-corrected chi connectivity index (χ4v) is 3.79. The molecule has 0 radical (unpaired) electrons. The van der Waals surface area contributed by atoms with Crippen molar-refractivity contribution in [3.05, 3.63) is 23.8 Å². The van der Waals surface area contributed by atoms with Crippen molar-refractivity contribution in [2.45, 2.75) is 31.1 Å². The van der Waals surface area contributed by atoms with Crippen molar-refractivity contribution in [1.82, 2.24) is 4.31 Å². The van der Waals surface area contributed by atoms with E-state index in [2.05, 4.69) is 0 Å². The molecule has 0 saturated carbocycles. The molecule has 0 atom stereocenters. The van der Waals surface area contributed by atoms with Crippen molar-refractivity contribution >= 4 is 10.0 Å². The molecule has 0 aliphatic carbocycles. The van der Waals surface area contributed by atoms with Gasteiger partial charge in [0.05, 0.1) is 18.1 Å². The van der Waals surface area contributed by atoms with E-state index in [1.165, 1.54) is 4.31 Å². The number of unbranched alkanes of at least 4 members (excludes halogenated alkanes) is 1. The molecule has 0 amide bonds. The smallest absolute Gasteiger partial charge is 0.243 e. The second-order valence-corrected chi connectivity index (χ2v) is 6.79. The van der Waals surface area contributed by atoms with Crippen molar-refractivity contribution < 1.29 is 18.3 Å². The average molecular weight is 299 g/mol. The standard InChI is InChI=1S/C14H21NO4S/c1-2-3-7-15(8-9-16)20(17,18)13-4-5-14-12(11-13)6-10-19-14/h4-5,11,16H,2-3,6-10H2,1H3. The van der Waals surface area contributed by atoms with Gasteiger partial charge in [0.15, 0.2) is 0 Å². The normalized spacial score (nSPS) is 14.3. The Hall–Kier alpha value is -1.11. The lowest BCUT2D eigenvalue weighted by atomic mass is 10.2. The van der Waals surface area contributed by atoms with Gasteiger partial charge in [0, 0.05) is 19.5 Å². The number of fused-ring (bicyclic) bond motifs is 1. The van der Waals surface area contributed by atoms with Crippen LogP contribution in [0.2, 0.25) is 0 Å². The van der Waals surface area contributed by atoms with E-state index in [0.717, 1.165) is 30.6 Å².